The molecule has 1 unspecified atom stereocenters. The fraction of sp³-hybridized carbons (Fsp3) is 0.875. The maximum Gasteiger partial charge on any atom is 0.306 e. The Morgan fingerprint density at radius 3 is 0.756 bits per heavy atom. The Bertz CT molecular complexity index is 1300. The molecule has 6 heteroatoms. The Morgan fingerprint density at radius 1 is 0.256 bits per heavy atom. The van der Waals surface area contributed by atoms with E-state index in [1.165, 1.54) is 276 Å². The first-order valence-electron chi connectivity index (χ1n) is 35.0. The summed E-state index contributed by atoms with van der Waals surface area (Å²) in [5.41, 5.74) is 0. The van der Waals surface area contributed by atoms with Gasteiger partial charge in [0, 0.05) is 19.3 Å². The molecule has 0 saturated carbocycles. The molecule has 0 aromatic carbocycles. The maximum absolute atomic E-state index is 12.9. The molecule has 0 aromatic heterocycles. The van der Waals surface area contributed by atoms with E-state index in [1.54, 1.807) is 0 Å². The summed E-state index contributed by atoms with van der Waals surface area (Å²) in [6, 6.07) is 0. The highest BCUT2D eigenvalue weighted by Gasteiger charge is 2.19. The van der Waals surface area contributed by atoms with Gasteiger partial charge in [-0.25, -0.2) is 0 Å². The van der Waals surface area contributed by atoms with Crippen LogP contribution in [0.15, 0.2) is 36.5 Å². The van der Waals surface area contributed by atoms with Gasteiger partial charge < -0.3 is 14.2 Å². The first kappa shape index (κ1) is 75.6. The van der Waals surface area contributed by atoms with Crippen LogP contribution in [0.2, 0.25) is 0 Å². The zero-order valence-corrected chi connectivity index (χ0v) is 52.7. The number of ether oxygens (including phenoxy) is 3. The van der Waals surface area contributed by atoms with Crippen molar-refractivity contribution in [3.8, 4) is 0 Å². The zero-order valence-electron chi connectivity index (χ0n) is 52.7. The van der Waals surface area contributed by atoms with Crippen LogP contribution in [-0.2, 0) is 28.6 Å². The number of hydrogen-bond acceptors (Lipinski definition) is 6. The van der Waals surface area contributed by atoms with Crippen molar-refractivity contribution < 1.29 is 28.6 Å². The van der Waals surface area contributed by atoms with E-state index in [2.05, 4.69) is 57.2 Å². The summed E-state index contributed by atoms with van der Waals surface area (Å²) < 4.78 is 16.9. The minimum absolute atomic E-state index is 0.0722. The van der Waals surface area contributed by atoms with Crippen molar-refractivity contribution in [3.63, 3.8) is 0 Å². The Hall–Kier alpha value is -2.37. The number of esters is 3. The molecule has 0 spiro atoms. The minimum atomic E-state index is -0.776. The number of carbonyl (C=O) groups is 3. The number of unbranched alkanes of at least 4 members (excludes halogenated alkanes) is 48. The molecule has 6 nitrogen and oxygen atoms in total. The molecule has 0 aliphatic rings. The van der Waals surface area contributed by atoms with Crippen LogP contribution in [0.1, 0.15) is 387 Å². The highest BCUT2D eigenvalue weighted by atomic mass is 16.6. The normalized spacial score (nSPS) is 12.2. The third-order valence-corrected chi connectivity index (χ3v) is 15.9. The molecule has 0 N–H and O–H groups in total. The van der Waals surface area contributed by atoms with Gasteiger partial charge in [-0.05, 0) is 70.6 Å². The lowest BCUT2D eigenvalue weighted by molar-refractivity contribution is -0.167. The molecule has 0 saturated heterocycles. The lowest BCUT2D eigenvalue weighted by Gasteiger charge is -2.18. The lowest BCUT2D eigenvalue weighted by Crippen LogP contribution is -2.30. The van der Waals surface area contributed by atoms with Crippen molar-refractivity contribution >= 4 is 17.9 Å². The topological polar surface area (TPSA) is 78.9 Å². The van der Waals surface area contributed by atoms with E-state index < -0.39 is 6.10 Å². The van der Waals surface area contributed by atoms with Crippen LogP contribution in [0, 0.1) is 0 Å². The van der Waals surface area contributed by atoms with Gasteiger partial charge in [0.25, 0.3) is 0 Å². The van der Waals surface area contributed by atoms with Gasteiger partial charge in [0.2, 0.25) is 0 Å². The van der Waals surface area contributed by atoms with E-state index in [-0.39, 0.29) is 31.1 Å². The van der Waals surface area contributed by atoms with Crippen molar-refractivity contribution in [3.05, 3.63) is 36.5 Å². The summed E-state index contributed by atoms with van der Waals surface area (Å²) in [4.78, 5) is 38.3. The molecular weight excluding hydrogens is 961 g/mol. The summed E-state index contributed by atoms with van der Waals surface area (Å²) in [7, 11) is 0. The number of allylic oxidation sites excluding steroid dienone is 6. The van der Waals surface area contributed by atoms with Crippen LogP contribution in [-0.4, -0.2) is 37.2 Å². The fourth-order valence-corrected chi connectivity index (χ4v) is 10.6. The molecule has 0 heterocycles. The van der Waals surface area contributed by atoms with Gasteiger partial charge in [0.15, 0.2) is 6.10 Å². The maximum atomic E-state index is 12.9. The van der Waals surface area contributed by atoms with Gasteiger partial charge in [-0.2, -0.15) is 0 Å². The van der Waals surface area contributed by atoms with Gasteiger partial charge >= 0.3 is 17.9 Å². The van der Waals surface area contributed by atoms with Gasteiger partial charge in [0.05, 0.1) is 0 Å². The summed E-state index contributed by atoms with van der Waals surface area (Å²) in [6.07, 6.45) is 83.3. The third kappa shape index (κ3) is 64.5. The average molecular weight is 1100 g/mol. The SMILES string of the molecule is CCCC/C=C\CCCCCCCC(=O)OCC(COC(=O)CCCCCCCCCCCCCCCCCCCCCCCCCCCCCC)OC(=O)CCCCCCCCCCC/C=C\C/C=C\CCCCCCC. The summed E-state index contributed by atoms with van der Waals surface area (Å²) in [5, 5.41) is 0. The van der Waals surface area contributed by atoms with Crippen molar-refractivity contribution in [1.29, 1.82) is 0 Å². The highest BCUT2D eigenvalue weighted by molar-refractivity contribution is 5.71. The quantitative estimate of drug-likeness (QED) is 0.0261. The van der Waals surface area contributed by atoms with E-state index in [9.17, 15) is 14.4 Å². The van der Waals surface area contributed by atoms with Crippen LogP contribution >= 0.6 is 0 Å². The smallest absolute Gasteiger partial charge is 0.306 e. The molecule has 0 fully saturated rings. The molecule has 0 aliphatic heterocycles. The van der Waals surface area contributed by atoms with E-state index in [4.69, 9.17) is 14.2 Å². The predicted molar refractivity (Wildman–Crippen MR) is 339 cm³/mol. The van der Waals surface area contributed by atoms with Crippen LogP contribution in [0.4, 0.5) is 0 Å². The van der Waals surface area contributed by atoms with Crippen molar-refractivity contribution in [2.45, 2.75) is 393 Å². The van der Waals surface area contributed by atoms with Crippen LogP contribution in [0.25, 0.3) is 0 Å². The average Bonchev–Trinajstić information content (AvgIpc) is 3.44. The van der Waals surface area contributed by atoms with Crippen LogP contribution in [0.5, 0.6) is 0 Å². The third-order valence-electron chi connectivity index (χ3n) is 15.9. The highest BCUT2D eigenvalue weighted by Crippen LogP contribution is 2.18. The second-order valence-corrected chi connectivity index (χ2v) is 23.8. The van der Waals surface area contributed by atoms with E-state index >= 15 is 0 Å². The number of hydrogen-bond donors (Lipinski definition) is 0. The van der Waals surface area contributed by atoms with E-state index in [1.807, 2.05) is 0 Å². The molecule has 78 heavy (non-hydrogen) atoms. The molecule has 458 valence electrons. The molecule has 0 aromatic rings. The van der Waals surface area contributed by atoms with Crippen LogP contribution < -0.4 is 0 Å². The molecule has 0 radical (unpaired) electrons. The Kier molecular flexibility index (Phi) is 65.1. The van der Waals surface area contributed by atoms with Gasteiger partial charge in [-0.3, -0.25) is 14.4 Å². The molecule has 1 atom stereocenters. The molecule has 0 amide bonds. The first-order chi connectivity index (χ1) is 38.5. The lowest BCUT2D eigenvalue weighted by atomic mass is 10.0. The second-order valence-electron chi connectivity index (χ2n) is 23.8. The van der Waals surface area contributed by atoms with Crippen molar-refractivity contribution in [1.82, 2.24) is 0 Å². The van der Waals surface area contributed by atoms with Gasteiger partial charge in [-0.1, -0.05) is 333 Å². The molecule has 0 aliphatic carbocycles. The number of rotatable bonds is 65. The monoisotopic (exact) mass is 1100 g/mol. The Labute approximate surface area is 486 Å². The van der Waals surface area contributed by atoms with Gasteiger partial charge in [-0.15, -0.1) is 0 Å². The minimum Gasteiger partial charge on any atom is -0.462 e. The Balaban J connectivity index is 4.16. The van der Waals surface area contributed by atoms with Crippen molar-refractivity contribution in [2.75, 3.05) is 13.2 Å². The summed E-state index contributed by atoms with van der Waals surface area (Å²) >= 11 is 0. The zero-order chi connectivity index (χ0) is 56.4. The van der Waals surface area contributed by atoms with E-state index in [0.717, 1.165) is 70.6 Å². The molecule has 0 rings (SSSR count). The van der Waals surface area contributed by atoms with E-state index in [0.29, 0.717) is 19.3 Å². The molecular formula is C72H134O6. The summed E-state index contributed by atoms with van der Waals surface area (Å²) in [5.74, 6) is -0.862. The van der Waals surface area contributed by atoms with Crippen LogP contribution in [0.3, 0.4) is 0 Å². The number of carbonyl (C=O) groups excluding carboxylic acids is 3. The largest absolute Gasteiger partial charge is 0.462 e. The van der Waals surface area contributed by atoms with Gasteiger partial charge in [0.1, 0.15) is 13.2 Å². The predicted octanol–water partition coefficient (Wildman–Crippen LogP) is 23.9. The molecule has 0 bridgehead atoms. The standard InChI is InChI=1S/C72H134O6/c1-4-7-10-13-16-19-22-24-26-28-30-32-33-34-35-36-37-38-40-41-43-45-47-50-53-56-59-62-65-71(74)77-68-69(67-76-70(73)64-61-58-55-52-49-21-18-15-12-9-6-3)78-72(75)66-63-60-57-54-51-48-46-44-42-39-31-29-27-25-23-20-17-14-11-8-5-2/h15,18,23,25,29,31,69H,4-14,16-17,19-22,24,26-28,30,32-68H2,1-3H3/b18-15-,25-23-,31-29-. The second kappa shape index (κ2) is 67.1. The first-order valence-corrected chi connectivity index (χ1v) is 35.0. The summed E-state index contributed by atoms with van der Waals surface area (Å²) in [6.45, 7) is 6.65. The van der Waals surface area contributed by atoms with Crippen molar-refractivity contribution in [2.24, 2.45) is 0 Å². The Morgan fingerprint density at radius 2 is 0.474 bits per heavy atom. The fourth-order valence-electron chi connectivity index (χ4n) is 10.6.